The van der Waals surface area contributed by atoms with E-state index in [1.54, 1.807) is 12.3 Å². The first kappa shape index (κ1) is 18.0. The number of carbonyl (C=O) groups excluding carboxylic acids is 1. The van der Waals surface area contributed by atoms with Crippen molar-refractivity contribution in [1.82, 2.24) is 40.0 Å². The lowest BCUT2D eigenvalue weighted by molar-refractivity contribution is 0.0246. The molecule has 3 heterocycles. The molecule has 0 N–H and O–H groups in total. The number of carbonyl (C=O) groups is 1. The van der Waals surface area contributed by atoms with Gasteiger partial charge in [0.2, 0.25) is 0 Å². The van der Waals surface area contributed by atoms with Gasteiger partial charge in [-0.1, -0.05) is 12.8 Å². The lowest BCUT2D eigenvalue weighted by Crippen LogP contribution is -2.56. The number of likely N-dealkylation sites (tertiary alicyclic amines) is 1. The Hall–Kier alpha value is -2.42. The summed E-state index contributed by atoms with van der Waals surface area (Å²) in [7, 11) is 4.10. The van der Waals surface area contributed by atoms with Crippen molar-refractivity contribution < 1.29 is 4.79 Å². The fourth-order valence-electron chi connectivity index (χ4n) is 4.43. The highest BCUT2D eigenvalue weighted by Gasteiger charge is 2.45. The van der Waals surface area contributed by atoms with Crippen molar-refractivity contribution in [2.45, 2.75) is 50.1 Å². The molecule has 1 amide bonds. The van der Waals surface area contributed by atoms with Gasteiger partial charge in [-0.3, -0.25) is 9.69 Å². The third-order valence-electron chi connectivity index (χ3n) is 5.99. The van der Waals surface area contributed by atoms with E-state index in [1.165, 1.54) is 19.2 Å². The van der Waals surface area contributed by atoms with Crippen LogP contribution >= 0.6 is 0 Å². The molecule has 0 bridgehead atoms. The summed E-state index contributed by atoms with van der Waals surface area (Å²) in [6.45, 7) is 1.26. The number of hydrogen-bond donors (Lipinski definition) is 0. The zero-order valence-corrected chi connectivity index (χ0v) is 16.0. The molecule has 1 aliphatic carbocycles. The topological polar surface area (TPSA) is 92.9 Å². The molecule has 0 aromatic carbocycles. The van der Waals surface area contributed by atoms with Crippen LogP contribution in [0.1, 0.15) is 60.9 Å². The third kappa shape index (κ3) is 3.20. The molecule has 9 heteroatoms. The molecule has 1 aliphatic heterocycles. The Balaban J connectivity index is 1.66. The SMILES string of the molecule is CN(C)C1(c2nnnn2C2CCCC2)CCCN(C(=O)c2ccncn2)C1. The van der Waals surface area contributed by atoms with E-state index in [2.05, 4.69) is 30.4 Å². The van der Waals surface area contributed by atoms with Gasteiger partial charge in [-0.2, -0.15) is 0 Å². The molecule has 1 saturated carbocycles. The van der Waals surface area contributed by atoms with Gasteiger partial charge in [-0.15, -0.1) is 5.10 Å². The average molecular weight is 370 g/mol. The first-order valence-corrected chi connectivity index (χ1v) is 9.63. The number of hydrogen-bond acceptors (Lipinski definition) is 7. The molecule has 1 atom stereocenters. The predicted molar refractivity (Wildman–Crippen MR) is 97.9 cm³/mol. The van der Waals surface area contributed by atoms with Crippen molar-refractivity contribution in [1.29, 1.82) is 0 Å². The van der Waals surface area contributed by atoms with Crippen molar-refractivity contribution in [2.75, 3.05) is 27.2 Å². The van der Waals surface area contributed by atoms with Crippen LogP contribution in [0.25, 0.3) is 0 Å². The summed E-state index contributed by atoms with van der Waals surface area (Å²) in [4.78, 5) is 25.1. The summed E-state index contributed by atoms with van der Waals surface area (Å²) < 4.78 is 2.02. The molecule has 1 unspecified atom stereocenters. The van der Waals surface area contributed by atoms with Gasteiger partial charge in [-0.05, 0) is 56.3 Å². The largest absolute Gasteiger partial charge is 0.335 e. The molecule has 2 aliphatic rings. The molecule has 2 fully saturated rings. The molecule has 27 heavy (non-hydrogen) atoms. The summed E-state index contributed by atoms with van der Waals surface area (Å²) in [5.74, 6) is 0.808. The highest BCUT2D eigenvalue weighted by atomic mass is 16.2. The minimum atomic E-state index is -0.396. The van der Waals surface area contributed by atoms with Gasteiger partial charge >= 0.3 is 0 Å². The number of amides is 1. The Kier molecular flexibility index (Phi) is 4.86. The van der Waals surface area contributed by atoms with Gasteiger partial charge < -0.3 is 4.90 Å². The number of likely N-dealkylation sites (N-methyl/N-ethyl adjacent to an activating group) is 1. The van der Waals surface area contributed by atoms with Crippen molar-refractivity contribution in [3.8, 4) is 0 Å². The molecule has 9 nitrogen and oxygen atoms in total. The van der Waals surface area contributed by atoms with Crippen LogP contribution in [-0.2, 0) is 5.54 Å². The van der Waals surface area contributed by atoms with E-state index < -0.39 is 5.54 Å². The van der Waals surface area contributed by atoms with E-state index >= 15 is 0 Å². The van der Waals surface area contributed by atoms with E-state index in [4.69, 9.17) is 0 Å². The number of nitrogens with zero attached hydrogens (tertiary/aromatic N) is 8. The standard InChI is InChI=1S/C18H26N8O/c1-24(2)18(17-21-22-23-26(17)14-6-3-4-7-14)9-5-11-25(12-18)16(27)15-8-10-19-13-20-15/h8,10,13-14H,3-7,9,11-12H2,1-2H3. The smallest absolute Gasteiger partial charge is 0.272 e. The second-order valence-electron chi connectivity index (χ2n) is 7.74. The molecule has 0 spiro atoms. The van der Waals surface area contributed by atoms with Gasteiger partial charge in [0.1, 0.15) is 17.6 Å². The van der Waals surface area contributed by atoms with Gasteiger partial charge in [0.05, 0.1) is 6.04 Å². The molecular weight excluding hydrogens is 344 g/mol. The Labute approximate surface area is 158 Å². The van der Waals surface area contributed by atoms with E-state index in [0.29, 0.717) is 24.8 Å². The van der Waals surface area contributed by atoms with Crippen LogP contribution in [0.3, 0.4) is 0 Å². The van der Waals surface area contributed by atoms with Crippen molar-refractivity contribution in [2.24, 2.45) is 0 Å². The van der Waals surface area contributed by atoms with Crippen LogP contribution in [0.4, 0.5) is 0 Å². The highest BCUT2D eigenvalue weighted by Crippen LogP contribution is 2.38. The fraction of sp³-hybridized carbons (Fsp3) is 0.667. The van der Waals surface area contributed by atoms with Crippen LogP contribution in [-0.4, -0.2) is 73.1 Å². The van der Waals surface area contributed by atoms with Gasteiger partial charge in [0.15, 0.2) is 5.82 Å². The summed E-state index contributed by atoms with van der Waals surface area (Å²) in [5.41, 5.74) is 0.0301. The van der Waals surface area contributed by atoms with E-state index in [-0.39, 0.29) is 5.91 Å². The van der Waals surface area contributed by atoms with Gasteiger partial charge in [0.25, 0.3) is 5.91 Å². The first-order chi connectivity index (χ1) is 13.1. The maximum atomic E-state index is 13.0. The zero-order chi connectivity index (χ0) is 18.9. The monoisotopic (exact) mass is 370 g/mol. The quantitative estimate of drug-likeness (QED) is 0.800. The maximum absolute atomic E-state index is 13.0. The lowest BCUT2D eigenvalue weighted by atomic mass is 9.86. The van der Waals surface area contributed by atoms with E-state index in [1.807, 2.05) is 23.7 Å². The molecule has 2 aromatic heterocycles. The Morgan fingerprint density at radius 1 is 1.26 bits per heavy atom. The first-order valence-electron chi connectivity index (χ1n) is 9.63. The van der Waals surface area contributed by atoms with Crippen LogP contribution in [0.15, 0.2) is 18.6 Å². The molecular formula is C18H26N8O. The van der Waals surface area contributed by atoms with Crippen molar-refractivity contribution in [3.63, 3.8) is 0 Å². The number of tetrazole rings is 1. The van der Waals surface area contributed by atoms with Gasteiger partial charge in [0, 0.05) is 19.3 Å². The fourth-order valence-corrected chi connectivity index (χ4v) is 4.43. The van der Waals surface area contributed by atoms with Crippen LogP contribution in [0.2, 0.25) is 0 Å². The maximum Gasteiger partial charge on any atom is 0.272 e. The zero-order valence-electron chi connectivity index (χ0n) is 16.0. The summed E-state index contributed by atoms with van der Waals surface area (Å²) >= 11 is 0. The minimum Gasteiger partial charge on any atom is -0.335 e. The lowest BCUT2D eigenvalue weighted by Gasteiger charge is -2.46. The summed E-state index contributed by atoms with van der Waals surface area (Å²) in [6, 6.07) is 2.02. The Bertz CT molecular complexity index is 786. The van der Waals surface area contributed by atoms with E-state index in [0.717, 1.165) is 31.5 Å². The predicted octanol–water partition coefficient (Wildman–Crippen LogP) is 1.27. The minimum absolute atomic E-state index is 0.0665. The number of piperidine rings is 1. The Morgan fingerprint density at radius 2 is 2.07 bits per heavy atom. The van der Waals surface area contributed by atoms with Crippen LogP contribution in [0.5, 0.6) is 0 Å². The van der Waals surface area contributed by atoms with Crippen molar-refractivity contribution in [3.05, 3.63) is 30.1 Å². The average Bonchev–Trinajstić information content (AvgIpc) is 3.39. The molecule has 0 radical (unpaired) electrons. The number of rotatable bonds is 4. The van der Waals surface area contributed by atoms with Crippen molar-refractivity contribution >= 4 is 5.91 Å². The third-order valence-corrected chi connectivity index (χ3v) is 5.99. The van der Waals surface area contributed by atoms with Crippen LogP contribution < -0.4 is 0 Å². The van der Waals surface area contributed by atoms with E-state index in [9.17, 15) is 4.79 Å². The second-order valence-corrected chi connectivity index (χ2v) is 7.74. The molecule has 4 rings (SSSR count). The normalized spacial score (nSPS) is 23.9. The van der Waals surface area contributed by atoms with Gasteiger partial charge in [-0.25, -0.2) is 14.6 Å². The Morgan fingerprint density at radius 3 is 2.78 bits per heavy atom. The van der Waals surface area contributed by atoms with Crippen LogP contribution in [0, 0.1) is 0 Å². The molecule has 1 saturated heterocycles. The molecule has 2 aromatic rings. The molecule has 144 valence electrons. The number of aromatic nitrogens is 6. The highest BCUT2D eigenvalue weighted by molar-refractivity contribution is 5.92. The summed E-state index contributed by atoms with van der Waals surface area (Å²) in [5, 5.41) is 12.8. The summed E-state index contributed by atoms with van der Waals surface area (Å²) in [6.07, 6.45) is 9.50. The second kappa shape index (κ2) is 7.30.